The van der Waals surface area contributed by atoms with E-state index in [4.69, 9.17) is 11.6 Å². The Hall–Kier alpha value is -1.45. The summed E-state index contributed by atoms with van der Waals surface area (Å²) in [5, 5.41) is 3.61. The van der Waals surface area contributed by atoms with Crippen molar-refractivity contribution < 1.29 is 4.79 Å². The third kappa shape index (κ3) is 2.94. The van der Waals surface area contributed by atoms with Crippen molar-refractivity contribution in [2.24, 2.45) is 0 Å². The number of rotatable bonds is 3. The van der Waals surface area contributed by atoms with E-state index in [2.05, 4.69) is 17.4 Å². The zero-order valence-corrected chi connectivity index (χ0v) is 13.3. The Kier molecular flexibility index (Phi) is 4.22. The van der Waals surface area contributed by atoms with Gasteiger partial charge in [0.1, 0.15) is 0 Å². The van der Waals surface area contributed by atoms with E-state index in [0.29, 0.717) is 10.6 Å². The van der Waals surface area contributed by atoms with Crippen molar-refractivity contribution in [3.05, 3.63) is 64.2 Å². The van der Waals surface area contributed by atoms with Crippen LogP contribution in [0, 0.1) is 0 Å². The van der Waals surface area contributed by atoms with Crippen LogP contribution in [0.1, 0.15) is 33.9 Å². The van der Waals surface area contributed by atoms with Crippen molar-refractivity contribution in [1.29, 1.82) is 0 Å². The number of amides is 1. The quantitative estimate of drug-likeness (QED) is 0.846. The molecular formula is C17H16ClNOS. The molecule has 0 heterocycles. The van der Waals surface area contributed by atoms with E-state index in [1.54, 1.807) is 17.8 Å². The van der Waals surface area contributed by atoms with Crippen molar-refractivity contribution in [3.8, 4) is 0 Å². The highest BCUT2D eigenvalue weighted by Crippen LogP contribution is 2.31. The molecule has 1 aliphatic rings. The Morgan fingerprint density at radius 3 is 2.90 bits per heavy atom. The fraction of sp³-hybridized carbons (Fsp3) is 0.235. The molecule has 0 bridgehead atoms. The minimum Gasteiger partial charge on any atom is -0.345 e. The molecule has 0 saturated heterocycles. The van der Waals surface area contributed by atoms with Gasteiger partial charge >= 0.3 is 0 Å². The molecule has 2 aromatic carbocycles. The van der Waals surface area contributed by atoms with Gasteiger partial charge in [-0.15, -0.1) is 11.8 Å². The third-order valence-corrected chi connectivity index (χ3v) is 4.91. The number of carbonyl (C=O) groups excluding carboxylic acids is 1. The van der Waals surface area contributed by atoms with E-state index in [1.165, 1.54) is 11.1 Å². The predicted octanol–water partition coefficient (Wildman–Crippen LogP) is 4.48. The molecule has 0 spiro atoms. The number of benzene rings is 2. The first-order valence-corrected chi connectivity index (χ1v) is 8.51. The molecule has 0 fully saturated rings. The second kappa shape index (κ2) is 6.12. The first-order chi connectivity index (χ1) is 10.2. The van der Waals surface area contributed by atoms with Crippen molar-refractivity contribution in [3.63, 3.8) is 0 Å². The van der Waals surface area contributed by atoms with Gasteiger partial charge in [0.05, 0.1) is 16.6 Å². The number of thioether (sulfide) groups is 1. The standard InChI is InChI=1S/C17H16ClNOS/c1-21-12-7-8-15(18)14(10-12)17(20)19-16-9-6-11-4-2-3-5-13(11)16/h2-5,7-8,10,16H,6,9H2,1H3,(H,19,20). The summed E-state index contributed by atoms with van der Waals surface area (Å²) in [5.74, 6) is -0.0994. The second-order valence-corrected chi connectivity index (χ2v) is 6.40. The van der Waals surface area contributed by atoms with Crippen LogP contribution < -0.4 is 5.32 Å². The van der Waals surface area contributed by atoms with Crippen molar-refractivity contribution in [1.82, 2.24) is 5.32 Å². The first kappa shape index (κ1) is 14.5. The minimum atomic E-state index is -0.0994. The van der Waals surface area contributed by atoms with Crippen LogP contribution in [-0.4, -0.2) is 12.2 Å². The maximum atomic E-state index is 12.5. The highest BCUT2D eigenvalue weighted by atomic mass is 35.5. The van der Waals surface area contributed by atoms with Gasteiger partial charge in [-0.3, -0.25) is 4.79 Å². The average molecular weight is 318 g/mol. The maximum Gasteiger partial charge on any atom is 0.253 e. The van der Waals surface area contributed by atoms with Crippen LogP contribution in [0.25, 0.3) is 0 Å². The summed E-state index contributed by atoms with van der Waals surface area (Å²) in [6.07, 6.45) is 3.95. The van der Waals surface area contributed by atoms with Gasteiger partial charge in [-0.2, -0.15) is 0 Å². The first-order valence-electron chi connectivity index (χ1n) is 6.91. The molecule has 0 radical (unpaired) electrons. The smallest absolute Gasteiger partial charge is 0.253 e. The van der Waals surface area contributed by atoms with Crippen LogP contribution >= 0.6 is 23.4 Å². The number of carbonyl (C=O) groups is 1. The van der Waals surface area contributed by atoms with E-state index in [0.717, 1.165) is 17.7 Å². The molecule has 2 nitrogen and oxygen atoms in total. The van der Waals surface area contributed by atoms with Gasteiger partial charge in [-0.05, 0) is 48.4 Å². The number of aryl methyl sites for hydroxylation is 1. The molecule has 0 aromatic heterocycles. The summed E-state index contributed by atoms with van der Waals surface area (Å²) in [7, 11) is 0. The van der Waals surface area contributed by atoms with E-state index in [1.807, 2.05) is 30.5 Å². The van der Waals surface area contributed by atoms with Crippen molar-refractivity contribution >= 4 is 29.3 Å². The Morgan fingerprint density at radius 1 is 1.29 bits per heavy atom. The van der Waals surface area contributed by atoms with Crippen molar-refractivity contribution in [2.45, 2.75) is 23.8 Å². The summed E-state index contributed by atoms with van der Waals surface area (Å²) in [6.45, 7) is 0. The predicted molar refractivity (Wildman–Crippen MR) is 88.2 cm³/mol. The van der Waals surface area contributed by atoms with Crippen LogP contribution in [0.2, 0.25) is 5.02 Å². The molecule has 108 valence electrons. The molecule has 4 heteroatoms. The van der Waals surface area contributed by atoms with Crippen LogP contribution in [0.5, 0.6) is 0 Å². The number of hydrogen-bond donors (Lipinski definition) is 1. The van der Waals surface area contributed by atoms with E-state index < -0.39 is 0 Å². The zero-order chi connectivity index (χ0) is 14.8. The molecule has 1 N–H and O–H groups in total. The molecule has 21 heavy (non-hydrogen) atoms. The van der Waals surface area contributed by atoms with Gasteiger partial charge in [-0.1, -0.05) is 35.9 Å². The Morgan fingerprint density at radius 2 is 2.10 bits per heavy atom. The third-order valence-electron chi connectivity index (χ3n) is 3.86. The largest absolute Gasteiger partial charge is 0.345 e. The van der Waals surface area contributed by atoms with E-state index in [-0.39, 0.29) is 11.9 Å². The zero-order valence-electron chi connectivity index (χ0n) is 11.7. The van der Waals surface area contributed by atoms with Gasteiger partial charge in [0, 0.05) is 4.90 Å². The van der Waals surface area contributed by atoms with Gasteiger partial charge in [0.2, 0.25) is 0 Å². The van der Waals surface area contributed by atoms with Gasteiger partial charge in [0.15, 0.2) is 0 Å². The highest BCUT2D eigenvalue weighted by molar-refractivity contribution is 7.98. The van der Waals surface area contributed by atoms with E-state index in [9.17, 15) is 4.79 Å². The van der Waals surface area contributed by atoms with Crippen LogP contribution in [-0.2, 0) is 6.42 Å². The van der Waals surface area contributed by atoms with Crippen LogP contribution in [0.3, 0.4) is 0 Å². The summed E-state index contributed by atoms with van der Waals surface area (Å²) < 4.78 is 0. The summed E-state index contributed by atoms with van der Waals surface area (Å²) in [5.41, 5.74) is 3.10. The Labute approximate surface area is 133 Å². The molecule has 3 rings (SSSR count). The molecule has 2 aromatic rings. The van der Waals surface area contributed by atoms with Gasteiger partial charge in [-0.25, -0.2) is 0 Å². The second-order valence-electron chi connectivity index (χ2n) is 5.11. The Bertz CT molecular complexity index is 686. The summed E-state index contributed by atoms with van der Waals surface area (Å²) >= 11 is 7.77. The fourth-order valence-electron chi connectivity index (χ4n) is 2.75. The number of hydrogen-bond acceptors (Lipinski definition) is 2. The highest BCUT2D eigenvalue weighted by Gasteiger charge is 2.24. The summed E-state index contributed by atoms with van der Waals surface area (Å²) in [4.78, 5) is 13.5. The number of nitrogens with one attached hydrogen (secondary N) is 1. The molecule has 1 atom stereocenters. The number of halogens is 1. The number of fused-ring (bicyclic) bond motifs is 1. The van der Waals surface area contributed by atoms with E-state index >= 15 is 0 Å². The van der Waals surface area contributed by atoms with Crippen molar-refractivity contribution in [2.75, 3.05) is 6.26 Å². The molecule has 1 amide bonds. The molecular weight excluding hydrogens is 302 g/mol. The lowest BCUT2D eigenvalue weighted by Gasteiger charge is -2.15. The maximum absolute atomic E-state index is 12.5. The fourth-order valence-corrected chi connectivity index (χ4v) is 3.39. The molecule has 1 unspecified atom stereocenters. The van der Waals surface area contributed by atoms with Gasteiger partial charge < -0.3 is 5.32 Å². The molecule has 0 aliphatic heterocycles. The topological polar surface area (TPSA) is 29.1 Å². The lowest BCUT2D eigenvalue weighted by atomic mass is 10.1. The normalized spacial score (nSPS) is 16.6. The Balaban J connectivity index is 1.82. The average Bonchev–Trinajstić information content (AvgIpc) is 2.91. The van der Waals surface area contributed by atoms with Crippen LogP contribution in [0.15, 0.2) is 47.4 Å². The molecule has 1 aliphatic carbocycles. The molecule has 0 saturated carbocycles. The van der Waals surface area contributed by atoms with Gasteiger partial charge in [0.25, 0.3) is 5.91 Å². The monoisotopic (exact) mass is 317 g/mol. The summed E-state index contributed by atoms with van der Waals surface area (Å²) in [6, 6.07) is 13.9. The SMILES string of the molecule is CSc1ccc(Cl)c(C(=O)NC2CCc3ccccc32)c1. The lowest BCUT2D eigenvalue weighted by Crippen LogP contribution is -2.27. The minimum absolute atomic E-state index is 0.0858. The lowest BCUT2D eigenvalue weighted by molar-refractivity contribution is 0.0936. The van der Waals surface area contributed by atoms with Crippen LogP contribution in [0.4, 0.5) is 0 Å².